The van der Waals surface area contributed by atoms with E-state index in [0.29, 0.717) is 22.8 Å². The Morgan fingerprint density at radius 2 is 2.05 bits per heavy atom. The van der Waals surface area contributed by atoms with E-state index in [1.54, 1.807) is 17.1 Å². The first-order valence-electron chi connectivity index (χ1n) is 7.43. The summed E-state index contributed by atoms with van der Waals surface area (Å²) in [7, 11) is 1.87. The van der Waals surface area contributed by atoms with E-state index in [2.05, 4.69) is 30.6 Å². The molecule has 8 heteroatoms. The molecule has 2 aromatic heterocycles. The van der Waals surface area contributed by atoms with Crippen LogP contribution in [-0.2, 0) is 7.05 Å². The van der Waals surface area contributed by atoms with Gasteiger partial charge in [0.1, 0.15) is 5.02 Å². The zero-order chi connectivity index (χ0) is 15.1. The second-order valence-corrected chi connectivity index (χ2v) is 6.38. The largest absolute Gasteiger partial charge is 0.355 e. The summed E-state index contributed by atoms with van der Waals surface area (Å²) in [4.78, 5) is 11.1. The molecule has 4 heterocycles. The van der Waals surface area contributed by atoms with Gasteiger partial charge >= 0.3 is 0 Å². The van der Waals surface area contributed by atoms with E-state index in [4.69, 9.17) is 11.6 Å². The third kappa shape index (κ3) is 2.50. The molecule has 2 N–H and O–H groups in total. The maximum atomic E-state index is 6.31. The Hall–Kier alpha value is -1.86. The Bertz CT molecular complexity index is 674. The van der Waals surface area contributed by atoms with Crippen LogP contribution in [0.2, 0.25) is 5.02 Å². The molecule has 4 rings (SSSR count). The molecule has 2 aliphatic rings. The molecule has 0 aromatic carbocycles. The Morgan fingerprint density at radius 1 is 1.27 bits per heavy atom. The summed E-state index contributed by atoms with van der Waals surface area (Å²) in [6, 6.07) is 0. The number of fused-ring (bicyclic) bond motifs is 1. The molecule has 0 unspecified atom stereocenters. The van der Waals surface area contributed by atoms with Crippen LogP contribution >= 0.6 is 11.6 Å². The van der Waals surface area contributed by atoms with Gasteiger partial charge in [-0.15, -0.1) is 0 Å². The van der Waals surface area contributed by atoms with Gasteiger partial charge in [-0.2, -0.15) is 10.1 Å². The van der Waals surface area contributed by atoms with E-state index >= 15 is 0 Å². The number of hydrogen-bond acceptors (Lipinski definition) is 6. The van der Waals surface area contributed by atoms with Gasteiger partial charge in [-0.25, -0.2) is 4.98 Å². The van der Waals surface area contributed by atoms with E-state index in [0.717, 1.165) is 37.7 Å². The van der Waals surface area contributed by atoms with E-state index in [-0.39, 0.29) is 0 Å². The average Bonchev–Trinajstić information content (AvgIpc) is 3.17. The maximum absolute atomic E-state index is 6.31. The fraction of sp³-hybridized carbons (Fsp3) is 0.500. The number of nitrogens with zero attached hydrogens (tertiary/aromatic N) is 5. The van der Waals surface area contributed by atoms with Crippen molar-refractivity contribution in [2.45, 2.75) is 0 Å². The SMILES string of the molecule is Cn1cc(Nc2ncc(Cl)c(N3C[C@H]4CNC[C@H]4C3)n2)cn1. The van der Waals surface area contributed by atoms with Crippen molar-refractivity contribution in [3.05, 3.63) is 23.6 Å². The van der Waals surface area contributed by atoms with Gasteiger partial charge in [0.25, 0.3) is 0 Å². The fourth-order valence-corrected chi connectivity index (χ4v) is 3.49. The minimum absolute atomic E-state index is 0.544. The number of aryl methyl sites for hydroxylation is 1. The number of nitrogens with one attached hydrogen (secondary N) is 2. The maximum Gasteiger partial charge on any atom is 0.229 e. The van der Waals surface area contributed by atoms with Gasteiger partial charge in [0.2, 0.25) is 5.95 Å². The van der Waals surface area contributed by atoms with Crippen molar-refractivity contribution < 1.29 is 0 Å². The van der Waals surface area contributed by atoms with Crippen molar-refractivity contribution >= 4 is 29.1 Å². The highest BCUT2D eigenvalue weighted by Crippen LogP contribution is 2.33. The molecule has 0 aliphatic carbocycles. The summed E-state index contributed by atoms with van der Waals surface area (Å²) in [5, 5.41) is 11.3. The molecule has 0 bridgehead atoms. The summed E-state index contributed by atoms with van der Waals surface area (Å²) < 4.78 is 1.73. The summed E-state index contributed by atoms with van der Waals surface area (Å²) in [5.41, 5.74) is 0.860. The highest BCUT2D eigenvalue weighted by Gasteiger charge is 2.37. The lowest BCUT2D eigenvalue weighted by Crippen LogP contribution is -2.26. The molecule has 2 aliphatic heterocycles. The standard InChI is InChI=1S/C14H18ClN7/c1-21-8-11(4-18-21)19-14-17-5-12(15)13(20-14)22-6-9-2-16-3-10(9)7-22/h4-5,8-10,16H,2-3,6-7H2,1H3,(H,17,19,20)/t9-,10+. The Kier molecular flexibility index (Phi) is 3.38. The van der Waals surface area contributed by atoms with Crippen LogP contribution in [-0.4, -0.2) is 45.9 Å². The van der Waals surface area contributed by atoms with Crippen LogP contribution in [0, 0.1) is 11.8 Å². The third-order valence-corrected chi connectivity index (χ3v) is 4.64. The highest BCUT2D eigenvalue weighted by molar-refractivity contribution is 6.32. The molecule has 0 amide bonds. The van der Waals surface area contributed by atoms with E-state index in [9.17, 15) is 0 Å². The molecule has 2 saturated heterocycles. The molecule has 0 saturated carbocycles. The van der Waals surface area contributed by atoms with Gasteiger partial charge in [0, 0.05) is 39.4 Å². The first-order chi connectivity index (χ1) is 10.7. The molecular formula is C14H18ClN7. The van der Waals surface area contributed by atoms with Crippen molar-refractivity contribution in [3.8, 4) is 0 Å². The van der Waals surface area contributed by atoms with Crippen LogP contribution in [0.5, 0.6) is 0 Å². The van der Waals surface area contributed by atoms with Crippen molar-refractivity contribution in [1.29, 1.82) is 0 Å². The predicted molar refractivity (Wildman–Crippen MR) is 85.6 cm³/mol. The molecule has 22 heavy (non-hydrogen) atoms. The van der Waals surface area contributed by atoms with Crippen molar-refractivity contribution in [2.24, 2.45) is 18.9 Å². The molecule has 0 spiro atoms. The average molecular weight is 320 g/mol. The molecule has 7 nitrogen and oxygen atoms in total. The lowest BCUT2D eigenvalue weighted by molar-refractivity contribution is 0.533. The molecule has 2 fully saturated rings. The summed E-state index contributed by atoms with van der Waals surface area (Å²) in [5.74, 6) is 2.75. The zero-order valence-electron chi connectivity index (χ0n) is 12.3. The monoisotopic (exact) mass is 319 g/mol. The number of rotatable bonds is 3. The van der Waals surface area contributed by atoms with Crippen LogP contribution in [0.4, 0.5) is 17.5 Å². The highest BCUT2D eigenvalue weighted by atomic mass is 35.5. The van der Waals surface area contributed by atoms with E-state index in [1.165, 1.54) is 0 Å². The van der Waals surface area contributed by atoms with Crippen LogP contribution in [0.15, 0.2) is 18.6 Å². The molecule has 0 radical (unpaired) electrons. The van der Waals surface area contributed by atoms with Gasteiger partial charge in [0.05, 0.1) is 18.1 Å². The molecule has 2 aromatic rings. The predicted octanol–water partition coefficient (Wildman–Crippen LogP) is 1.26. The third-order valence-electron chi connectivity index (χ3n) is 4.38. The summed E-state index contributed by atoms with van der Waals surface area (Å²) >= 11 is 6.31. The normalized spacial score (nSPS) is 23.8. The topological polar surface area (TPSA) is 70.9 Å². The second kappa shape index (κ2) is 5.40. The Morgan fingerprint density at radius 3 is 2.73 bits per heavy atom. The van der Waals surface area contributed by atoms with Gasteiger partial charge in [-0.1, -0.05) is 11.6 Å². The molecule has 2 atom stereocenters. The van der Waals surface area contributed by atoms with Crippen molar-refractivity contribution in [2.75, 3.05) is 36.4 Å². The number of aromatic nitrogens is 4. The first-order valence-corrected chi connectivity index (χ1v) is 7.81. The van der Waals surface area contributed by atoms with Crippen LogP contribution in [0.3, 0.4) is 0 Å². The smallest absolute Gasteiger partial charge is 0.229 e. The van der Waals surface area contributed by atoms with Crippen molar-refractivity contribution in [1.82, 2.24) is 25.1 Å². The minimum Gasteiger partial charge on any atom is -0.355 e. The lowest BCUT2D eigenvalue weighted by Gasteiger charge is -2.20. The van der Waals surface area contributed by atoms with E-state index < -0.39 is 0 Å². The summed E-state index contributed by atoms with van der Waals surface area (Å²) in [6.45, 7) is 4.18. The molecular weight excluding hydrogens is 302 g/mol. The Balaban J connectivity index is 1.56. The van der Waals surface area contributed by atoms with Gasteiger partial charge in [-0.05, 0) is 11.8 Å². The van der Waals surface area contributed by atoms with Crippen LogP contribution < -0.4 is 15.5 Å². The van der Waals surface area contributed by atoms with Crippen LogP contribution in [0.1, 0.15) is 0 Å². The van der Waals surface area contributed by atoms with Gasteiger partial charge in [0.15, 0.2) is 5.82 Å². The number of halogens is 1. The second-order valence-electron chi connectivity index (χ2n) is 5.98. The number of hydrogen-bond donors (Lipinski definition) is 2. The first kappa shape index (κ1) is 13.8. The van der Waals surface area contributed by atoms with Gasteiger partial charge < -0.3 is 15.5 Å². The fourth-order valence-electron chi connectivity index (χ4n) is 3.28. The van der Waals surface area contributed by atoms with Gasteiger partial charge in [-0.3, -0.25) is 4.68 Å². The quantitative estimate of drug-likeness (QED) is 0.887. The van der Waals surface area contributed by atoms with E-state index in [1.807, 2.05) is 13.2 Å². The Labute approximate surface area is 133 Å². The van der Waals surface area contributed by atoms with Crippen LogP contribution in [0.25, 0.3) is 0 Å². The lowest BCUT2D eigenvalue weighted by atomic mass is 10.0. The minimum atomic E-state index is 0.544. The molecule has 116 valence electrons. The number of anilines is 3. The summed E-state index contributed by atoms with van der Waals surface area (Å²) in [6.07, 6.45) is 5.28. The zero-order valence-corrected chi connectivity index (χ0v) is 13.1. The van der Waals surface area contributed by atoms with Crippen molar-refractivity contribution in [3.63, 3.8) is 0 Å².